The predicted molar refractivity (Wildman–Crippen MR) is 105 cm³/mol. The summed E-state index contributed by atoms with van der Waals surface area (Å²) < 4.78 is 39.1. The summed E-state index contributed by atoms with van der Waals surface area (Å²) in [6.45, 7) is 1.75. The van der Waals surface area contributed by atoms with Crippen LogP contribution < -0.4 is 10.0 Å². The molecule has 0 aliphatic carbocycles. The smallest absolute Gasteiger partial charge is 0.275 e. The van der Waals surface area contributed by atoms with E-state index in [2.05, 4.69) is 15.0 Å². The van der Waals surface area contributed by atoms with Gasteiger partial charge in [-0.2, -0.15) is 0 Å². The van der Waals surface area contributed by atoms with Gasteiger partial charge in [0, 0.05) is 16.6 Å². The molecule has 3 rings (SSSR count). The van der Waals surface area contributed by atoms with Crippen molar-refractivity contribution in [3.8, 4) is 10.6 Å². The zero-order valence-electron chi connectivity index (χ0n) is 14.5. The normalized spacial score (nSPS) is 11.2. The molecule has 0 aliphatic heterocycles. The highest BCUT2D eigenvalue weighted by Crippen LogP contribution is 2.27. The Kier molecular flexibility index (Phi) is 5.24. The summed E-state index contributed by atoms with van der Waals surface area (Å²) in [6, 6.07) is 11.1. The molecule has 0 unspecified atom stereocenters. The topological polar surface area (TPSA) is 88.2 Å². The second-order valence-corrected chi connectivity index (χ2v) is 8.48. The highest BCUT2D eigenvalue weighted by molar-refractivity contribution is 7.92. The van der Waals surface area contributed by atoms with Gasteiger partial charge in [0.2, 0.25) is 10.0 Å². The van der Waals surface area contributed by atoms with E-state index in [1.165, 1.54) is 23.5 Å². The molecule has 0 radical (unpaired) electrons. The SMILES string of the molecule is Cc1ccc(NC(=O)c2csc(-c3ccccc3F)n2)cc1NS(C)(=O)=O. The van der Waals surface area contributed by atoms with Crippen molar-refractivity contribution in [1.82, 2.24) is 4.98 Å². The molecule has 27 heavy (non-hydrogen) atoms. The van der Waals surface area contributed by atoms with Crippen molar-refractivity contribution in [3.05, 3.63) is 64.9 Å². The average molecular weight is 405 g/mol. The summed E-state index contributed by atoms with van der Waals surface area (Å²) in [5, 5.41) is 4.61. The number of aromatic nitrogens is 1. The van der Waals surface area contributed by atoms with Gasteiger partial charge in [0.05, 0.1) is 11.9 Å². The standard InChI is InChI=1S/C18H16FN3O3S2/c1-11-7-8-12(9-15(11)22-27(2,24)25)20-17(23)16-10-26-18(21-16)13-5-3-4-6-14(13)19/h3-10,22H,1-2H3,(H,20,23). The fourth-order valence-electron chi connectivity index (χ4n) is 2.34. The molecule has 0 spiro atoms. The Morgan fingerprint density at radius 3 is 2.63 bits per heavy atom. The lowest BCUT2D eigenvalue weighted by atomic mass is 10.2. The number of carbonyl (C=O) groups excluding carboxylic acids is 1. The van der Waals surface area contributed by atoms with Gasteiger partial charge in [-0.15, -0.1) is 11.3 Å². The number of halogens is 1. The molecule has 1 aromatic heterocycles. The van der Waals surface area contributed by atoms with Gasteiger partial charge in [-0.05, 0) is 36.8 Å². The maximum Gasteiger partial charge on any atom is 0.275 e. The zero-order chi connectivity index (χ0) is 19.6. The summed E-state index contributed by atoms with van der Waals surface area (Å²) in [5.74, 6) is -0.878. The molecule has 0 fully saturated rings. The van der Waals surface area contributed by atoms with Crippen molar-refractivity contribution in [3.63, 3.8) is 0 Å². The van der Waals surface area contributed by atoms with Crippen molar-refractivity contribution in [2.24, 2.45) is 0 Å². The number of benzene rings is 2. The van der Waals surface area contributed by atoms with E-state index in [1.54, 1.807) is 42.6 Å². The van der Waals surface area contributed by atoms with Gasteiger partial charge >= 0.3 is 0 Å². The minimum atomic E-state index is -3.44. The van der Waals surface area contributed by atoms with Crippen molar-refractivity contribution < 1.29 is 17.6 Å². The number of nitrogens with one attached hydrogen (secondary N) is 2. The maximum atomic E-state index is 13.9. The molecule has 1 amide bonds. The van der Waals surface area contributed by atoms with Crippen LogP contribution in [0.3, 0.4) is 0 Å². The molecular formula is C18H16FN3O3S2. The van der Waals surface area contributed by atoms with Crippen LogP contribution in [0.25, 0.3) is 10.6 Å². The van der Waals surface area contributed by atoms with Crippen LogP contribution in [0, 0.1) is 12.7 Å². The van der Waals surface area contributed by atoms with Crippen LogP contribution in [-0.4, -0.2) is 25.6 Å². The molecule has 0 bridgehead atoms. The van der Waals surface area contributed by atoms with E-state index in [0.717, 1.165) is 6.26 Å². The minimum Gasteiger partial charge on any atom is -0.321 e. The average Bonchev–Trinajstić information content (AvgIpc) is 3.07. The number of hydrogen-bond donors (Lipinski definition) is 2. The number of rotatable bonds is 5. The van der Waals surface area contributed by atoms with Crippen molar-refractivity contribution in [1.29, 1.82) is 0 Å². The number of carbonyl (C=O) groups is 1. The van der Waals surface area contributed by atoms with Gasteiger partial charge in [-0.3, -0.25) is 9.52 Å². The van der Waals surface area contributed by atoms with Crippen molar-refractivity contribution in [2.45, 2.75) is 6.92 Å². The lowest BCUT2D eigenvalue weighted by Crippen LogP contribution is -2.14. The molecule has 6 nitrogen and oxygen atoms in total. The van der Waals surface area contributed by atoms with Crippen LogP contribution in [0.1, 0.15) is 16.1 Å². The van der Waals surface area contributed by atoms with Crippen LogP contribution in [0.2, 0.25) is 0 Å². The third-order valence-corrected chi connectivity index (χ3v) is 5.10. The summed E-state index contributed by atoms with van der Waals surface area (Å²) in [4.78, 5) is 16.6. The van der Waals surface area contributed by atoms with E-state index in [1.807, 2.05) is 0 Å². The molecule has 0 aliphatic rings. The van der Waals surface area contributed by atoms with Gasteiger partial charge < -0.3 is 5.32 Å². The first-order valence-electron chi connectivity index (χ1n) is 7.83. The summed E-state index contributed by atoms with van der Waals surface area (Å²) >= 11 is 1.17. The molecular weight excluding hydrogens is 389 g/mol. The van der Waals surface area contributed by atoms with E-state index in [0.29, 0.717) is 27.5 Å². The van der Waals surface area contributed by atoms with Crippen LogP contribution in [0.4, 0.5) is 15.8 Å². The zero-order valence-corrected chi connectivity index (χ0v) is 16.1. The van der Waals surface area contributed by atoms with Crippen molar-refractivity contribution in [2.75, 3.05) is 16.3 Å². The lowest BCUT2D eigenvalue weighted by Gasteiger charge is -2.10. The van der Waals surface area contributed by atoms with Gasteiger partial charge in [0.25, 0.3) is 5.91 Å². The Labute approximate surface area is 160 Å². The summed E-state index contributed by atoms with van der Waals surface area (Å²) in [7, 11) is -3.44. The Balaban J connectivity index is 1.80. The molecule has 0 saturated carbocycles. The Morgan fingerprint density at radius 1 is 1.19 bits per heavy atom. The second-order valence-electron chi connectivity index (χ2n) is 5.88. The molecule has 9 heteroatoms. The molecule has 0 atom stereocenters. The molecule has 3 aromatic rings. The quantitative estimate of drug-likeness (QED) is 0.674. The number of amides is 1. The fourth-order valence-corrected chi connectivity index (χ4v) is 3.79. The minimum absolute atomic E-state index is 0.149. The number of aryl methyl sites for hydroxylation is 1. The van der Waals surface area contributed by atoms with Crippen molar-refractivity contribution >= 4 is 38.6 Å². The van der Waals surface area contributed by atoms with Gasteiger partial charge in [0.15, 0.2) is 0 Å². The molecule has 140 valence electrons. The molecule has 2 aromatic carbocycles. The van der Waals surface area contributed by atoms with Gasteiger partial charge in [-0.1, -0.05) is 18.2 Å². The van der Waals surface area contributed by atoms with Crippen LogP contribution in [0.15, 0.2) is 47.8 Å². The Bertz CT molecular complexity index is 1110. The highest BCUT2D eigenvalue weighted by atomic mass is 32.2. The van der Waals surface area contributed by atoms with Crippen LogP contribution >= 0.6 is 11.3 Å². The third kappa shape index (κ3) is 4.69. The monoisotopic (exact) mass is 405 g/mol. The Morgan fingerprint density at radius 2 is 1.93 bits per heavy atom. The van der Waals surface area contributed by atoms with E-state index in [4.69, 9.17) is 0 Å². The number of nitrogens with zero attached hydrogens (tertiary/aromatic N) is 1. The van der Waals surface area contributed by atoms with E-state index in [-0.39, 0.29) is 5.69 Å². The first kappa shape index (κ1) is 19.0. The number of hydrogen-bond acceptors (Lipinski definition) is 5. The number of sulfonamides is 1. The fraction of sp³-hybridized carbons (Fsp3) is 0.111. The summed E-state index contributed by atoms with van der Waals surface area (Å²) in [5.41, 5.74) is 1.99. The van der Waals surface area contributed by atoms with E-state index < -0.39 is 21.7 Å². The largest absolute Gasteiger partial charge is 0.321 e. The van der Waals surface area contributed by atoms with Gasteiger partial charge in [-0.25, -0.2) is 17.8 Å². The van der Waals surface area contributed by atoms with E-state index >= 15 is 0 Å². The molecule has 2 N–H and O–H groups in total. The van der Waals surface area contributed by atoms with Gasteiger partial charge in [0.1, 0.15) is 16.5 Å². The number of thiazole rings is 1. The highest BCUT2D eigenvalue weighted by Gasteiger charge is 2.15. The Hall–Kier alpha value is -2.78. The predicted octanol–water partition coefficient (Wildman–Crippen LogP) is 3.88. The first-order valence-corrected chi connectivity index (χ1v) is 10.6. The first-order chi connectivity index (χ1) is 12.7. The van der Waals surface area contributed by atoms with Crippen LogP contribution in [0.5, 0.6) is 0 Å². The maximum absolute atomic E-state index is 13.9. The molecule has 1 heterocycles. The summed E-state index contributed by atoms with van der Waals surface area (Å²) in [6.07, 6.45) is 1.05. The third-order valence-electron chi connectivity index (χ3n) is 3.63. The number of anilines is 2. The second kappa shape index (κ2) is 7.45. The lowest BCUT2D eigenvalue weighted by molar-refractivity contribution is 0.102. The molecule has 0 saturated heterocycles. The van der Waals surface area contributed by atoms with Crippen LogP contribution in [-0.2, 0) is 10.0 Å². The van der Waals surface area contributed by atoms with E-state index in [9.17, 15) is 17.6 Å².